The highest BCUT2D eigenvalue weighted by Crippen LogP contribution is 2.53. The minimum absolute atomic E-state index is 0.223. The zero-order valence-electron chi connectivity index (χ0n) is 15.9. The van der Waals surface area contributed by atoms with Crippen LogP contribution in [-0.2, 0) is 19.9 Å². The molecule has 0 bridgehead atoms. The first-order valence-corrected chi connectivity index (χ1v) is 11.1. The zero-order chi connectivity index (χ0) is 20.2. The first kappa shape index (κ1) is 18.4. The van der Waals surface area contributed by atoms with E-state index in [4.69, 9.17) is 0 Å². The van der Waals surface area contributed by atoms with Crippen LogP contribution in [0, 0.1) is 11.8 Å². The molecule has 0 aliphatic carbocycles. The minimum atomic E-state index is -1.21. The lowest BCUT2D eigenvalue weighted by atomic mass is 9.76. The standard InChI is InChI=1S/C22H21N3O3S/c1-29-12-11-16-17-18(20(27)25(19(17)26)13-7-3-2-4-8-13)22(24-16)14-9-5-6-10-15(14)23-21(22)28/h2-10,16-18,24H,11-12H2,1H3,(H,23,28)/t16-,17+,18-,22?/m0/s1. The fraction of sp³-hybridized carbons (Fsp3) is 0.318. The maximum absolute atomic E-state index is 13.6. The molecule has 148 valence electrons. The molecule has 0 radical (unpaired) electrons. The third-order valence-corrected chi connectivity index (χ3v) is 6.91. The molecule has 6 nitrogen and oxygen atoms in total. The molecular formula is C22H21N3O3S. The van der Waals surface area contributed by atoms with Crippen LogP contribution >= 0.6 is 11.8 Å². The number of imide groups is 1. The van der Waals surface area contributed by atoms with E-state index in [0.29, 0.717) is 17.8 Å². The molecular weight excluding hydrogens is 386 g/mol. The molecule has 2 aromatic carbocycles. The van der Waals surface area contributed by atoms with Gasteiger partial charge in [-0.05, 0) is 36.6 Å². The molecule has 2 saturated heterocycles. The van der Waals surface area contributed by atoms with Gasteiger partial charge in [0.15, 0.2) is 0 Å². The normalized spacial score (nSPS) is 30.0. The fourth-order valence-corrected chi connectivity index (χ4v) is 5.57. The van der Waals surface area contributed by atoms with Crippen molar-refractivity contribution in [2.75, 3.05) is 22.2 Å². The van der Waals surface area contributed by atoms with Crippen LogP contribution in [0.5, 0.6) is 0 Å². The molecule has 4 atom stereocenters. The summed E-state index contributed by atoms with van der Waals surface area (Å²) in [6.45, 7) is 0. The number of thioether (sulfide) groups is 1. The molecule has 0 saturated carbocycles. The smallest absolute Gasteiger partial charge is 0.250 e. The first-order valence-electron chi connectivity index (χ1n) is 9.70. The van der Waals surface area contributed by atoms with E-state index in [1.165, 1.54) is 4.90 Å². The lowest BCUT2D eigenvalue weighted by Gasteiger charge is -2.29. The predicted octanol–water partition coefficient (Wildman–Crippen LogP) is 2.36. The summed E-state index contributed by atoms with van der Waals surface area (Å²) in [4.78, 5) is 41.6. The Bertz CT molecular complexity index is 1010. The van der Waals surface area contributed by atoms with Gasteiger partial charge >= 0.3 is 0 Å². The number of fused-ring (bicyclic) bond motifs is 4. The average molecular weight is 407 g/mol. The highest BCUT2D eigenvalue weighted by molar-refractivity contribution is 7.98. The van der Waals surface area contributed by atoms with Gasteiger partial charge in [0.25, 0.3) is 0 Å². The van der Waals surface area contributed by atoms with Crippen molar-refractivity contribution >= 4 is 40.9 Å². The van der Waals surface area contributed by atoms with E-state index in [0.717, 1.165) is 11.3 Å². The number of nitrogens with one attached hydrogen (secondary N) is 2. The molecule has 2 aromatic rings. The number of carbonyl (C=O) groups is 3. The Morgan fingerprint density at radius 1 is 1.00 bits per heavy atom. The van der Waals surface area contributed by atoms with Gasteiger partial charge in [-0.25, -0.2) is 4.90 Å². The zero-order valence-corrected chi connectivity index (χ0v) is 16.7. The second kappa shape index (κ2) is 6.71. The minimum Gasteiger partial charge on any atom is -0.324 e. The van der Waals surface area contributed by atoms with Crippen LogP contribution in [0.25, 0.3) is 0 Å². The van der Waals surface area contributed by atoms with Crippen molar-refractivity contribution in [3.8, 4) is 0 Å². The van der Waals surface area contributed by atoms with Crippen LogP contribution in [0.2, 0.25) is 0 Å². The molecule has 3 aliphatic heterocycles. The Hall–Kier alpha value is -2.64. The van der Waals surface area contributed by atoms with E-state index in [-0.39, 0.29) is 23.8 Å². The SMILES string of the molecule is CSCC[C@@H]1NC2(C(=O)Nc3ccccc32)[C@@H]2C(=O)N(c3ccccc3)C(=O)[C@H]12. The summed E-state index contributed by atoms with van der Waals surface area (Å²) >= 11 is 1.69. The Kier molecular flexibility index (Phi) is 4.26. The Morgan fingerprint density at radius 2 is 1.72 bits per heavy atom. The number of rotatable bonds is 4. The average Bonchev–Trinajstić information content (AvgIpc) is 3.32. The van der Waals surface area contributed by atoms with Crippen LogP contribution < -0.4 is 15.5 Å². The van der Waals surface area contributed by atoms with Gasteiger partial charge in [0.1, 0.15) is 5.54 Å². The number of hydrogen-bond acceptors (Lipinski definition) is 5. The van der Waals surface area contributed by atoms with E-state index in [1.54, 1.807) is 36.0 Å². The highest BCUT2D eigenvalue weighted by Gasteiger charge is 2.70. The molecule has 1 unspecified atom stereocenters. The maximum atomic E-state index is 13.6. The quantitative estimate of drug-likeness (QED) is 0.761. The van der Waals surface area contributed by atoms with Gasteiger partial charge in [0.2, 0.25) is 17.7 Å². The van der Waals surface area contributed by atoms with Gasteiger partial charge in [-0.3, -0.25) is 19.7 Å². The van der Waals surface area contributed by atoms with Crippen molar-refractivity contribution < 1.29 is 14.4 Å². The number of anilines is 2. The van der Waals surface area contributed by atoms with Crippen molar-refractivity contribution in [3.63, 3.8) is 0 Å². The summed E-state index contributed by atoms with van der Waals surface area (Å²) in [7, 11) is 0. The Balaban J connectivity index is 1.65. The summed E-state index contributed by atoms with van der Waals surface area (Å²) in [6, 6.07) is 16.2. The topological polar surface area (TPSA) is 78.5 Å². The number of nitrogens with zero attached hydrogens (tertiary/aromatic N) is 1. The van der Waals surface area contributed by atoms with Crippen molar-refractivity contribution in [3.05, 3.63) is 60.2 Å². The summed E-state index contributed by atoms with van der Waals surface area (Å²) in [5.74, 6) is -1.27. The third-order valence-electron chi connectivity index (χ3n) is 6.27. The lowest BCUT2D eigenvalue weighted by molar-refractivity contribution is -0.130. The van der Waals surface area contributed by atoms with E-state index in [1.807, 2.05) is 36.6 Å². The van der Waals surface area contributed by atoms with Gasteiger partial charge in [-0.2, -0.15) is 11.8 Å². The Labute approximate surface area is 173 Å². The molecule has 1 spiro atoms. The molecule has 29 heavy (non-hydrogen) atoms. The second-order valence-corrected chi connectivity index (χ2v) is 8.68. The van der Waals surface area contributed by atoms with Crippen molar-refractivity contribution in [2.24, 2.45) is 11.8 Å². The number of amides is 3. The first-order chi connectivity index (χ1) is 14.1. The van der Waals surface area contributed by atoms with Crippen LogP contribution in [-0.4, -0.2) is 35.8 Å². The summed E-state index contributed by atoms with van der Waals surface area (Å²) < 4.78 is 0. The molecule has 5 rings (SSSR count). The van der Waals surface area contributed by atoms with E-state index in [2.05, 4.69) is 10.6 Å². The van der Waals surface area contributed by atoms with Crippen LogP contribution in [0.15, 0.2) is 54.6 Å². The van der Waals surface area contributed by atoms with Crippen LogP contribution in [0.3, 0.4) is 0 Å². The molecule has 3 amide bonds. The molecule has 3 aliphatic rings. The van der Waals surface area contributed by atoms with Crippen molar-refractivity contribution in [1.29, 1.82) is 0 Å². The molecule has 2 N–H and O–H groups in total. The predicted molar refractivity (Wildman–Crippen MR) is 113 cm³/mol. The van der Waals surface area contributed by atoms with E-state index >= 15 is 0 Å². The second-order valence-electron chi connectivity index (χ2n) is 7.69. The summed E-state index contributed by atoms with van der Waals surface area (Å²) in [5.41, 5.74) is 0.804. The molecule has 7 heteroatoms. The summed E-state index contributed by atoms with van der Waals surface area (Å²) in [6.07, 6.45) is 2.72. The van der Waals surface area contributed by atoms with Gasteiger partial charge in [0, 0.05) is 17.3 Å². The third kappa shape index (κ3) is 2.44. The number of benzene rings is 2. The summed E-state index contributed by atoms with van der Waals surface area (Å²) in [5, 5.41) is 6.37. The van der Waals surface area contributed by atoms with Gasteiger partial charge in [-0.1, -0.05) is 36.4 Å². The monoisotopic (exact) mass is 407 g/mol. The number of hydrogen-bond donors (Lipinski definition) is 2. The van der Waals surface area contributed by atoms with Crippen molar-refractivity contribution in [2.45, 2.75) is 18.0 Å². The Morgan fingerprint density at radius 3 is 2.48 bits per heavy atom. The highest BCUT2D eigenvalue weighted by atomic mass is 32.2. The fourth-order valence-electron chi connectivity index (χ4n) is 5.08. The van der Waals surface area contributed by atoms with E-state index in [9.17, 15) is 14.4 Å². The molecule has 0 aromatic heterocycles. The van der Waals surface area contributed by atoms with Gasteiger partial charge in [-0.15, -0.1) is 0 Å². The van der Waals surface area contributed by atoms with Gasteiger partial charge in [0.05, 0.1) is 17.5 Å². The largest absolute Gasteiger partial charge is 0.324 e. The molecule has 2 fully saturated rings. The number of para-hydroxylation sites is 2. The lowest BCUT2D eigenvalue weighted by Crippen LogP contribution is -2.53. The van der Waals surface area contributed by atoms with Gasteiger partial charge < -0.3 is 5.32 Å². The number of carbonyl (C=O) groups excluding carboxylic acids is 3. The maximum Gasteiger partial charge on any atom is 0.250 e. The van der Waals surface area contributed by atoms with E-state index < -0.39 is 17.4 Å². The van der Waals surface area contributed by atoms with Crippen LogP contribution in [0.1, 0.15) is 12.0 Å². The van der Waals surface area contributed by atoms with Crippen LogP contribution in [0.4, 0.5) is 11.4 Å². The molecule has 3 heterocycles. The van der Waals surface area contributed by atoms with Crippen molar-refractivity contribution in [1.82, 2.24) is 5.32 Å².